The molecular weight excluding hydrogens is 561 g/mol. The van der Waals surface area contributed by atoms with Crippen LogP contribution in [0, 0.1) is 0 Å². The number of alkyl halides is 2. The van der Waals surface area contributed by atoms with E-state index in [1.165, 1.54) is 19.1 Å². The second-order valence-electron chi connectivity index (χ2n) is 8.75. The Labute approximate surface area is 225 Å². The number of ether oxygens (including phenoxy) is 3. The Balaban J connectivity index is 1.59. The van der Waals surface area contributed by atoms with Gasteiger partial charge in [0.25, 0.3) is 0 Å². The lowest BCUT2D eigenvalue weighted by molar-refractivity contribution is -0.174. The van der Waals surface area contributed by atoms with Gasteiger partial charge in [-0.05, 0) is 18.2 Å². The van der Waals surface area contributed by atoms with Gasteiger partial charge in [0.15, 0.2) is 6.10 Å². The molecule has 3 heterocycles. The Hall–Kier alpha value is -3.72. The molecule has 0 saturated carbocycles. The minimum Gasteiger partial charge on any atom is -0.464 e. The maximum absolute atomic E-state index is 15.5. The van der Waals surface area contributed by atoms with Crippen molar-refractivity contribution in [2.75, 3.05) is 18.5 Å². The number of amides is 1. The summed E-state index contributed by atoms with van der Waals surface area (Å²) >= 11 is 0. The summed E-state index contributed by atoms with van der Waals surface area (Å²) in [5.41, 5.74) is -1.20. The SMILES string of the molecule is CC(=O)Nc1ccn(C2OC(COP(=O)(NC3CCOC3=O)Oc3ccccc3)C(OC(C)=O)C2(F)F)c(=O)n1. The van der Waals surface area contributed by atoms with Crippen molar-refractivity contribution < 1.29 is 51.0 Å². The molecule has 40 heavy (non-hydrogen) atoms. The number of aromatic nitrogens is 2. The third-order valence-electron chi connectivity index (χ3n) is 5.66. The van der Waals surface area contributed by atoms with Gasteiger partial charge in [0.2, 0.25) is 12.1 Å². The smallest absolute Gasteiger partial charge is 0.459 e. The summed E-state index contributed by atoms with van der Waals surface area (Å²) in [7, 11) is -4.44. The van der Waals surface area contributed by atoms with E-state index in [-0.39, 0.29) is 24.6 Å². The molecule has 2 aliphatic heterocycles. The molecule has 1 amide bonds. The highest BCUT2D eigenvalue weighted by atomic mass is 31.2. The van der Waals surface area contributed by atoms with Crippen molar-refractivity contribution in [3.8, 4) is 5.75 Å². The molecule has 17 heteroatoms. The minimum absolute atomic E-state index is 0.0551. The molecule has 5 unspecified atom stereocenters. The molecule has 4 rings (SSSR count). The Morgan fingerprint density at radius 2 is 1.93 bits per heavy atom. The first kappa shape index (κ1) is 29.3. The van der Waals surface area contributed by atoms with Crippen LogP contribution in [0.2, 0.25) is 0 Å². The summed E-state index contributed by atoms with van der Waals surface area (Å²) in [4.78, 5) is 50.9. The number of carbonyl (C=O) groups is 3. The van der Waals surface area contributed by atoms with Gasteiger partial charge in [-0.3, -0.25) is 23.5 Å². The van der Waals surface area contributed by atoms with Gasteiger partial charge >= 0.3 is 31.3 Å². The predicted octanol–water partition coefficient (Wildman–Crippen LogP) is 1.77. The van der Waals surface area contributed by atoms with Crippen molar-refractivity contribution in [3.63, 3.8) is 0 Å². The third-order valence-corrected chi connectivity index (χ3v) is 7.22. The molecule has 2 fully saturated rings. The molecule has 2 saturated heterocycles. The average molecular weight is 586 g/mol. The standard InChI is InChI=1S/C23H25F2N4O10P/c1-13(30)26-18-8-10-29(22(33)27-18)21-23(24,25)19(37-14(2)31)17(38-21)12-36-40(34,28-16-9-11-35-20(16)32)39-15-6-4-3-5-7-15/h3-8,10,16-17,19,21H,9,11-12H2,1-2H3,(H,28,34)(H,26,27,30,33). The topological polar surface area (TPSA) is 173 Å². The highest BCUT2D eigenvalue weighted by Crippen LogP contribution is 2.49. The first-order valence-corrected chi connectivity index (χ1v) is 13.4. The summed E-state index contributed by atoms with van der Waals surface area (Å²) in [5.74, 6) is -6.43. The molecule has 14 nitrogen and oxygen atoms in total. The minimum atomic E-state index is -4.44. The van der Waals surface area contributed by atoms with Crippen molar-refractivity contribution in [2.24, 2.45) is 0 Å². The monoisotopic (exact) mass is 586 g/mol. The number of benzene rings is 1. The van der Waals surface area contributed by atoms with Crippen LogP contribution < -0.4 is 20.6 Å². The van der Waals surface area contributed by atoms with E-state index >= 15 is 8.78 Å². The molecule has 216 valence electrons. The summed E-state index contributed by atoms with van der Waals surface area (Å²) < 4.78 is 71.1. The van der Waals surface area contributed by atoms with Gasteiger partial charge in [0, 0.05) is 26.5 Å². The Kier molecular flexibility index (Phi) is 8.63. The lowest BCUT2D eigenvalue weighted by Gasteiger charge is -2.25. The molecule has 2 aliphatic rings. The third kappa shape index (κ3) is 6.70. The number of para-hydroxylation sites is 1. The van der Waals surface area contributed by atoms with E-state index < -0.39 is 68.3 Å². The van der Waals surface area contributed by atoms with Crippen LogP contribution in [0.5, 0.6) is 5.75 Å². The van der Waals surface area contributed by atoms with Gasteiger partial charge in [0.05, 0.1) is 13.2 Å². The lowest BCUT2D eigenvalue weighted by Crippen LogP contribution is -2.44. The fraction of sp³-hybridized carbons (Fsp3) is 0.435. The fourth-order valence-corrected chi connectivity index (χ4v) is 5.49. The molecular formula is C23H25F2N4O10P. The molecule has 0 radical (unpaired) electrons. The number of halogens is 2. The Bertz CT molecular complexity index is 1370. The van der Waals surface area contributed by atoms with E-state index in [0.717, 1.165) is 19.2 Å². The summed E-state index contributed by atoms with van der Waals surface area (Å²) in [5, 5.41) is 4.70. The molecule has 0 bridgehead atoms. The first-order chi connectivity index (χ1) is 18.9. The molecule has 1 aromatic heterocycles. The number of rotatable bonds is 10. The first-order valence-electron chi connectivity index (χ1n) is 11.9. The maximum Gasteiger partial charge on any atom is 0.459 e. The normalized spacial score (nSPS) is 25.1. The number of esters is 2. The number of carbonyl (C=O) groups excluding carboxylic acids is 3. The maximum atomic E-state index is 15.5. The quantitative estimate of drug-likeness (QED) is 0.306. The second-order valence-corrected chi connectivity index (χ2v) is 10.4. The van der Waals surface area contributed by atoms with Crippen LogP contribution in [0.1, 0.15) is 26.5 Å². The molecule has 2 N–H and O–H groups in total. The van der Waals surface area contributed by atoms with Crippen molar-refractivity contribution in [1.82, 2.24) is 14.6 Å². The number of hydrogen-bond donors (Lipinski definition) is 2. The lowest BCUT2D eigenvalue weighted by atomic mass is 10.1. The number of anilines is 1. The van der Waals surface area contributed by atoms with Gasteiger partial charge in [-0.25, -0.2) is 9.36 Å². The van der Waals surface area contributed by atoms with Crippen LogP contribution in [0.25, 0.3) is 0 Å². The van der Waals surface area contributed by atoms with Gasteiger partial charge in [0.1, 0.15) is 23.7 Å². The van der Waals surface area contributed by atoms with E-state index in [2.05, 4.69) is 15.4 Å². The van der Waals surface area contributed by atoms with E-state index in [4.69, 9.17) is 23.3 Å². The predicted molar refractivity (Wildman–Crippen MR) is 130 cm³/mol. The van der Waals surface area contributed by atoms with E-state index in [9.17, 15) is 23.7 Å². The van der Waals surface area contributed by atoms with Crippen LogP contribution in [-0.2, 0) is 37.7 Å². The van der Waals surface area contributed by atoms with Gasteiger partial charge in [-0.1, -0.05) is 18.2 Å². The number of nitrogens with zero attached hydrogens (tertiary/aromatic N) is 2. The fourth-order valence-electron chi connectivity index (χ4n) is 3.95. The molecule has 1 aromatic carbocycles. The van der Waals surface area contributed by atoms with Gasteiger partial charge in [-0.15, -0.1) is 0 Å². The number of hydrogen-bond acceptors (Lipinski definition) is 11. The average Bonchev–Trinajstić information content (AvgIpc) is 3.37. The molecule has 5 atom stereocenters. The Morgan fingerprint density at radius 3 is 2.52 bits per heavy atom. The van der Waals surface area contributed by atoms with Gasteiger partial charge in [-0.2, -0.15) is 18.9 Å². The molecule has 2 aromatic rings. The highest BCUT2D eigenvalue weighted by Gasteiger charge is 2.62. The summed E-state index contributed by atoms with van der Waals surface area (Å²) in [6, 6.07) is 7.75. The second kappa shape index (κ2) is 11.8. The zero-order valence-corrected chi connectivity index (χ0v) is 22.0. The summed E-state index contributed by atoms with van der Waals surface area (Å²) in [6.07, 6.45) is -5.28. The van der Waals surface area contributed by atoms with Crippen LogP contribution in [-0.4, -0.2) is 64.8 Å². The molecule has 0 aliphatic carbocycles. The van der Waals surface area contributed by atoms with Crippen molar-refractivity contribution in [3.05, 3.63) is 53.1 Å². The Morgan fingerprint density at radius 1 is 1.20 bits per heavy atom. The van der Waals surface area contributed by atoms with Gasteiger partial charge < -0.3 is 24.1 Å². The van der Waals surface area contributed by atoms with Crippen LogP contribution >= 0.6 is 7.75 Å². The highest BCUT2D eigenvalue weighted by molar-refractivity contribution is 7.52. The number of cyclic esters (lactones) is 1. The zero-order valence-electron chi connectivity index (χ0n) is 21.2. The van der Waals surface area contributed by atoms with Crippen molar-refractivity contribution in [2.45, 2.75) is 50.7 Å². The number of nitrogens with one attached hydrogen (secondary N) is 2. The largest absolute Gasteiger partial charge is 0.464 e. The van der Waals surface area contributed by atoms with Crippen LogP contribution in [0.15, 0.2) is 47.4 Å². The van der Waals surface area contributed by atoms with E-state index in [1.54, 1.807) is 18.2 Å². The van der Waals surface area contributed by atoms with E-state index in [0.29, 0.717) is 4.57 Å². The zero-order chi connectivity index (χ0) is 29.1. The van der Waals surface area contributed by atoms with E-state index in [1.807, 2.05) is 0 Å². The van der Waals surface area contributed by atoms with Crippen LogP contribution in [0.3, 0.4) is 0 Å². The van der Waals surface area contributed by atoms with Crippen LogP contribution in [0.4, 0.5) is 14.6 Å². The van der Waals surface area contributed by atoms with Crippen molar-refractivity contribution in [1.29, 1.82) is 0 Å². The van der Waals surface area contributed by atoms with Crippen molar-refractivity contribution >= 4 is 31.4 Å². The summed E-state index contributed by atoms with van der Waals surface area (Å²) in [6.45, 7) is 1.24. The molecule has 0 spiro atoms.